The molecule has 0 atom stereocenters. The van der Waals surface area contributed by atoms with E-state index in [2.05, 4.69) is 19.9 Å². The molecule has 2 heteroatoms. The van der Waals surface area contributed by atoms with Gasteiger partial charge in [0.05, 0.1) is 0 Å². The molecule has 0 aromatic heterocycles. The van der Waals surface area contributed by atoms with Crippen molar-refractivity contribution in [3.63, 3.8) is 0 Å². The molecule has 0 N–H and O–H groups in total. The third kappa shape index (κ3) is 1.97. The lowest BCUT2D eigenvalue weighted by atomic mass is 9.87. The summed E-state index contributed by atoms with van der Waals surface area (Å²) in [4.78, 5) is 23.2. The highest BCUT2D eigenvalue weighted by Gasteiger charge is 2.30. The van der Waals surface area contributed by atoms with Crippen LogP contribution >= 0.6 is 0 Å². The second-order valence-corrected chi connectivity index (χ2v) is 6.00. The van der Waals surface area contributed by atoms with E-state index in [4.69, 9.17) is 0 Å². The number of aldehydes is 1. The molecule has 1 aliphatic rings. The van der Waals surface area contributed by atoms with E-state index in [0.29, 0.717) is 11.1 Å². The smallest absolute Gasteiger partial charge is 0.193 e. The Bertz CT molecular complexity index is 694. The van der Waals surface area contributed by atoms with Crippen LogP contribution in [0.2, 0.25) is 0 Å². The monoisotopic (exact) mass is 264 g/mol. The van der Waals surface area contributed by atoms with Crippen LogP contribution < -0.4 is 0 Å². The molecule has 0 saturated heterocycles. The predicted molar refractivity (Wildman–Crippen MR) is 78.4 cm³/mol. The van der Waals surface area contributed by atoms with Crippen LogP contribution in [0, 0.1) is 0 Å². The highest BCUT2D eigenvalue weighted by molar-refractivity contribution is 6.10. The first-order valence-electron chi connectivity index (χ1n) is 6.75. The second kappa shape index (κ2) is 4.41. The van der Waals surface area contributed by atoms with E-state index in [-0.39, 0.29) is 11.2 Å². The molecule has 0 saturated carbocycles. The molecule has 0 fully saturated rings. The Morgan fingerprint density at radius 3 is 2.45 bits per heavy atom. The van der Waals surface area contributed by atoms with Crippen LogP contribution in [-0.2, 0) is 11.8 Å². The maximum atomic E-state index is 12.6. The Morgan fingerprint density at radius 2 is 1.80 bits per heavy atom. The molecule has 2 bridgehead atoms. The molecule has 0 spiro atoms. The van der Waals surface area contributed by atoms with Crippen molar-refractivity contribution in [1.82, 2.24) is 0 Å². The van der Waals surface area contributed by atoms with Gasteiger partial charge in [-0.2, -0.15) is 0 Å². The van der Waals surface area contributed by atoms with Gasteiger partial charge < -0.3 is 0 Å². The largest absolute Gasteiger partial charge is 0.298 e. The van der Waals surface area contributed by atoms with E-state index in [0.717, 1.165) is 23.8 Å². The van der Waals surface area contributed by atoms with Gasteiger partial charge in [0.25, 0.3) is 0 Å². The zero-order valence-corrected chi connectivity index (χ0v) is 11.6. The Labute approximate surface area is 118 Å². The van der Waals surface area contributed by atoms with Crippen molar-refractivity contribution in [2.75, 3.05) is 0 Å². The van der Waals surface area contributed by atoms with Gasteiger partial charge in [0.1, 0.15) is 6.29 Å². The number of hydrogen-bond donors (Lipinski definition) is 0. The topological polar surface area (TPSA) is 34.1 Å². The van der Waals surface area contributed by atoms with Crippen LogP contribution in [0.5, 0.6) is 0 Å². The molecule has 0 aliphatic heterocycles. The van der Waals surface area contributed by atoms with E-state index in [9.17, 15) is 9.59 Å². The van der Waals surface area contributed by atoms with Crippen LogP contribution in [0.3, 0.4) is 0 Å². The minimum Gasteiger partial charge on any atom is -0.298 e. The van der Waals surface area contributed by atoms with Gasteiger partial charge in [-0.3, -0.25) is 9.59 Å². The quantitative estimate of drug-likeness (QED) is 0.627. The van der Waals surface area contributed by atoms with Crippen LogP contribution in [0.25, 0.3) is 0 Å². The number of carbonyl (C=O) groups excluding carboxylic acids is 2. The van der Waals surface area contributed by atoms with Crippen LogP contribution in [0.15, 0.2) is 42.5 Å². The molecular formula is C18H16O2. The van der Waals surface area contributed by atoms with Gasteiger partial charge in [-0.05, 0) is 23.0 Å². The summed E-state index contributed by atoms with van der Waals surface area (Å²) >= 11 is 0. The van der Waals surface area contributed by atoms with Gasteiger partial charge in [-0.1, -0.05) is 56.3 Å². The molecule has 0 radical (unpaired) electrons. The maximum Gasteiger partial charge on any atom is 0.193 e. The van der Waals surface area contributed by atoms with Crippen LogP contribution in [0.1, 0.15) is 51.3 Å². The molecular weight excluding hydrogens is 248 g/mol. The van der Waals surface area contributed by atoms with Crippen molar-refractivity contribution in [3.8, 4) is 0 Å². The number of hydrogen-bond acceptors (Lipinski definition) is 2. The molecule has 1 aliphatic carbocycles. The summed E-state index contributed by atoms with van der Waals surface area (Å²) in [5.41, 5.74) is 4.53. The standard InChI is InChI=1S/C18H16O2/c1-18(2)10-14-9-15(18)7-8-16(14)17(20)13-5-3-12(11-19)4-6-13/h3-9,11H,10H2,1-2H3. The van der Waals surface area contributed by atoms with Gasteiger partial charge in [0.15, 0.2) is 5.78 Å². The summed E-state index contributed by atoms with van der Waals surface area (Å²) in [5, 5.41) is 0. The molecule has 0 unspecified atom stereocenters. The lowest BCUT2D eigenvalue weighted by Gasteiger charge is -2.17. The van der Waals surface area contributed by atoms with Crippen molar-refractivity contribution in [2.45, 2.75) is 25.7 Å². The fourth-order valence-electron chi connectivity index (χ4n) is 2.83. The number of carbonyl (C=O) groups is 2. The van der Waals surface area contributed by atoms with Gasteiger partial charge in [0.2, 0.25) is 0 Å². The molecule has 20 heavy (non-hydrogen) atoms. The van der Waals surface area contributed by atoms with Crippen molar-refractivity contribution in [2.24, 2.45) is 0 Å². The number of benzene rings is 2. The molecule has 2 aromatic rings. The molecule has 100 valence electrons. The first kappa shape index (κ1) is 12.8. The Kier molecular flexibility index (Phi) is 2.82. The van der Waals surface area contributed by atoms with Crippen LogP contribution in [-0.4, -0.2) is 12.1 Å². The number of ketones is 1. The predicted octanol–water partition coefficient (Wildman–Crippen LogP) is 3.56. The maximum absolute atomic E-state index is 12.6. The number of rotatable bonds is 3. The third-order valence-corrected chi connectivity index (χ3v) is 4.07. The highest BCUT2D eigenvalue weighted by atomic mass is 16.1. The fraction of sp³-hybridized carbons (Fsp3) is 0.222. The normalized spacial score (nSPS) is 15.1. The second-order valence-electron chi connectivity index (χ2n) is 6.00. The zero-order valence-electron chi connectivity index (χ0n) is 11.6. The van der Waals surface area contributed by atoms with E-state index < -0.39 is 0 Å². The zero-order chi connectivity index (χ0) is 14.3. The van der Waals surface area contributed by atoms with E-state index in [1.807, 2.05) is 12.1 Å². The van der Waals surface area contributed by atoms with Gasteiger partial charge in [-0.15, -0.1) is 0 Å². The lowest BCUT2D eigenvalue weighted by molar-refractivity contribution is 0.103. The van der Waals surface area contributed by atoms with Crippen LogP contribution in [0.4, 0.5) is 0 Å². The lowest BCUT2D eigenvalue weighted by Crippen LogP contribution is -2.14. The highest BCUT2D eigenvalue weighted by Crippen LogP contribution is 2.37. The van der Waals surface area contributed by atoms with Crippen molar-refractivity contribution in [1.29, 1.82) is 0 Å². The SMILES string of the molecule is CC1(C)Cc2cc1ccc2C(=O)c1ccc(C=O)cc1. The summed E-state index contributed by atoms with van der Waals surface area (Å²) in [6, 6.07) is 12.9. The summed E-state index contributed by atoms with van der Waals surface area (Å²) in [6.07, 6.45) is 1.69. The van der Waals surface area contributed by atoms with Crippen molar-refractivity contribution < 1.29 is 9.59 Å². The Balaban J connectivity index is 1.97. The number of fused-ring (bicyclic) bond motifs is 2. The minimum absolute atomic E-state index is 0.0294. The summed E-state index contributed by atoms with van der Waals surface area (Å²) in [5.74, 6) is 0.0294. The average Bonchev–Trinajstić information content (AvgIpc) is 2.68. The molecule has 2 nitrogen and oxygen atoms in total. The third-order valence-electron chi connectivity index (χ3n) is 4.07. The summed E-state index contributed by atoms with van der Waals surface area (Å²) < 4.78 is 0. The Morgan fingerprint density at radius 1 is 1.10 bits per heavy atom. The first-order chi connectivity index (χ1) is 9.51. The Hall–Kier alpha value is -2.22. The van der Waals surface area contributed by atoms with Gasteiger partial charge in [-0.25, -0.2) is 0 Å². The van der Waals surface area contributed by atoms with E-state index in [1.165, 1.54) is 5.56 Å². The fourth-order valence-corrected chi connectivity index (χ4v) is 2.83. The average molecular weight is 264 g/mol. The van der Waals surface area contributed by atoms with Gasteiger partial charge >= 0.3 is 0 Å². The molecule has 2 aromatic carbocycles. The molecule has 0 amide bonds. The molecule has 0 heterocycles. The van der Waals surface area contributed by atoms with Crippen molar-refractivity contribution >= 4 is 12.1 Å². The summed E-state index contributed by atoms with van der Waals surface area (Å²) in [6.45, 7) is 4.39. The van der Waals surface area contributed by atoms with Crippen molar-refractivity contribution in [3.05, 3.63) is 70.3 Å². The van der Waals surface area contributed by atoms with E-state index in [1.54, 1.807) is 24.3 Å². The first-order valence-corrected chi connectivity index (χ1v) is 6.75. The minimum atomic E-state index is 0.0294. The summed E-state index contributed by atoms with van der Waals surface area (Å²) in [7, 11) is 0. The van der Waals surface area contributed by atoms with Gasteiger partial charge in [0, 0.05) is 16.7 Å². The van der Waals surface area contributed by atoms with E-state index >= 15 is 0 Å². The molecule has 3 rings (SSSR count).